The van der Waals surface area contributed by atoms with E-state index in [0.29, 0.717) is 15.2 Å². The van der Waals surface area contributed by atoms with Crippen LogP contribution in [0.2, 0.25) is 0 Å². The van der Waals surface area contributed by atoms with Gasteiger partial charge in [0.2, 0.25) is 0 Å². The van der Waals surface area contributed by atoms with Crippen LogP contribution >= 0.6 is 8.58 Å². The molecular formula is C28H36NO2P. The van der Waals surface area contributed by atoms with Crippen LogP contribution in [0.5, 0.6) is 11.5 Å². The second kappa shape index (κ2) is 11.0. The molecule has 0 saturated heterocycles. The van der Waals surface area contributed by atoms with Crippen molar-refractivity contribution in [1.29, 1.82) is 0 Å². The lowest BCUT2D eigenvalue weighted by Crippen LogP contribution is -2.24. The highest BCUT2D eigenvalue weighted by Crippen LogP contribution is 2.50. The lowest BCUT2D eigenvalue weighted by atomic mass is 9.96. The molecule has 3 aromatic carbocycles. The van der Waals surface area contributed by atoms with Crippen molar-refractivity contribution in [3.05, 3.63) is 89.0 Å². The van der Waals surface area contributed by atoms with Gasteiger partial charge in [-0.2, -0.15) is 0 Å². The van der Waals surface area contributed by atoms with Crippen LogP contribution in [0, 0.1) is 6.92 Å². The standard InChI is InChI=1S/C28H36NO2P/c1-7-28(3,32-27-21(2)13-11-16-23(27)19-29(4)5)24-17-12-18-25(30-6)26(24)31-20-22-14-9-8-10-15-22/h8-18,32H,7,19-20H2,1-6H3. The zero-order valence-electron chi connectivity index (χ0n) is 20.2. The van der Waals surface area contributed by atoms with E-state index in [9.17, 15) is 0 Å². The highest BCUT2D eigenvalue weighted by molar-refractivity contribution is 7.48. The number of nitrogens with zero attached hydrogens (tertiary/aromatic N) is 1. The Morgan fingerprint density at radius 2 is 1.66 bits per heavy atom. The van der Waals surface area contributed by atoms with Crippen molar-refractivity contribution in [2.24, 2.45) is 0 Å². The second-order valence-electron chi connectivity index (χ2n) is 8.77. The molecular weight excluding hydrogens is 413 g/mol. The molecule has 0 amide bonds. The summed E-state index contributed by atoms with van der Waals surface area (Å²) in [6.45, 7) is 8.33. The fraction of sp³-hybridized carbons (Fsp3) is 0.357. The Morgan fingerprint density at radius 3 is 2.31 bits per heavy atom. The van der Waals surface area contributed by atoms with Gasteiger partial charge in [-0.15, -0.1) is 0 Å². The van der Waals surface area contributed by atoms with Crippen molar-refractivity contribution in [3.8, 4) is 11.5 Å². The van der Waals surface area contributed by atoms with Crippen molar-refractivity contribution in [2.45, 2.75) is 45.5 Å². The fourth-order valence-corrected chi connectivity index (χ4v) is 5.66. The molecule has 170 valence electrons. The fourth-order valence-electron chi connectivity index (χ4n) is 3.99. The molecule has 0 aliphatic rings. The van der Waals surface area contributed by atoms with E-state index < -0.39 is 0 Å². The summed E-state index contributed by atoms with van der Waals surface area (Å²) in [6, 6.07) is 23.3. The van der Waals surface area contributed by atoms with Crippen molar-refractivity contribution in [1.82, 2.24) is 4.90 Å². The molecule has 0 radical (unpaired) electrons. The van der Waals surface area contributed by atoms with Gasteiger partial charge in [0.1, 0.15) is 6.61 Å². The molecule has 3 rings (SSSR count). The molecule has 4 heteroatoms. The predicted octanol–water partition coefficient (Wildman–Crippen LogP) is 6.27. The SMILES string of the molecule is CCC(C)(Pc1c(C)cccc1CN(C)C)c1cccc(OC)c1OCc1ccccc1. The number of para-hydroxylation sites is 1. The highest BCUT2D eigenvalue weighted by Gasteiger charge is 2.31. The summed E-state index contributed by atoms with van der Waals surface area (Å²) in [4.78, 5) is 2.24. The Balaban J connectivity index is 2.01. The minimum Gasteiger partial charge on any atom is -0.493 e. The third kappa shape index (κ3) is 5.71. The maximum atomic E-state index is 6.43. The van der Waals surface area contributed by atoms with E-state index >= 15 is 0 Å². The number of benzene rings is 3. The lowest BCUT2D eigenvalue weighted by Gasteiger charge is -2.33. The highest BCUT2D eigenvalue weighted by atomic mass is 31.1. The smallest absolute Gasteiger partial charge is 0.165 e. The van der Waals surface area contributed by atoms with E-state index in [4.69, 9.17) is 9.47 Å². The molecule has 3 aromatic rings. The summed E-state index contributed by atoms with van der Waals surface area (Å²) < 4.78 is 12.2. The largest absolute Gasteiger partial charge is 0.493 e. The lowest BCUT2D eigenvalue weighted by molar-refractivity contribution is 0.278. The van der Waals surface area contributed by atoms with Crippen LogP contribution in [-0.4, -0.2) is 26.1 Å². The third-order valence-electron chi connectivity index (χ3n) is 5.97. The first-order valence-corrected chi connectivity index (χ1v) is 12.2. The van der Waals surface area contributed by atoms with E-state index in [2.05, 4.69) is 82.2 Å². The zero-order chi connectivity index (χ0) is 23.1. The summed E-state index contributed by atoms with van der Waals surface area (Å²) in [6.07, 6.45) is 1.01. The minimum atomic E-state index is -0.0618. The molecule has 0 saturated carbocycles. The zero-order valence-corrected chi connectivity index (χ0v) is 21.2. The van der Waals surface area contributed by atoms with Gasteiger partial charge in [-0.1, -0.05) is 83.1 Å². The Kier molecular flexibility index (Phi) is 8.34. The first kappa shape index (κ1) is 24.3. The number of hydrogen-bond acceptors (Lipinski definition) is 3. The van der Waals surface area contributed by atoms with Crippen molar-refractivity contribution < 1.29 is 9.47 Å². The van der Waals surface area contributed by atoms with E-state index in [1.54, 1.807) is 7.11 Å². The first-order chi connectivity index (χ1) is 15.4. The summed E-state index contributed by atoms with van der Waals surface area (Å²) in [5, 5.41) is 1.40. The predicted molar refractivity (Wildman–Crippen MR) is 138 cm³/mol. The topological polar surface area (TPSA) is 21.7 Å². The molecule has 0 bridgehead atoms. The van der Waals surface area contributed by atoms with Gasteiger partial charge in [0.25, 0.3) is 0 Å². The van der Waals surface area contributed by atoms with Gasteiger partial charge in [0.05, 0.1) is 7.11 Å². The summed E-state index contributed by atoms with van der Waals surface area (Å²) in [7, 11) is 6.61. The average molecular weight is 450 g/mol. The third-order valence-corrected chi connectivity index (χ3v) is 8.11. The van der Waals surface area contributed by atoms with E-state index in [1.807, 2.05) is 24.3 Å². The molecule has 32 heavy (non-hydrogen) atoms. The van der Waals surface area contributed by atoms with E-state index in [-0.39, 0.29) is 5.16 Å². The maximum Gasteiger partial charge on any atom is 0.165 e. The van der Waals surface area contributed by atoms with Crippen LogP contribution in [0.4, 0.5) is 0 Å². The number of methoxy groups -OCH3 is 1. The molecule has 0 aliphatic heterocycles. The maximum absolute atomic E-state index is 6.43. The summed E-state index contributed by atoms with van der Waals surface area (Å²) in [5.41, 5.74) is 5.13. The molecule has 0 heterocycles. The first-order valence-electron chi connectivity index (χ1n) is 11.2. The molecule has 0 spiro atoms. The number of aryl methyl sites for hydroxylation is 1. The van der Waals surface area contributed by atoms with Crippen LogP contribution in [-0.2, 0) is 18.3 Å². The molecule has 0 aromatic heterocycles. The van der Waals surface area contributed by atoms with Gasteiger partial charge in [-0.25, -0.2) is 0 Å². The molecule has 0 aliphatic carbocycles. The number of rotatable bonds is 10. The van der Waals surface area contributed by atoms with Gasteiger partial charge in [-0.05, 0) is 55.5 Å². The summed E-state index contributed by atoms with van der Waals surface area (Å²) in [5.74, 6) is 1.65. The van der Waals surface area contributed by atoms with Crippen LogP contribution in [0.25, 0.3) is 0 Å². The average Bonchev–Trinajstić information content (AvgIpc) is 2.80. The van der Waals surface area contributed by atoms with Crippen LogP contribution < -0.4 is 14.8 Å². The Labute approximate surface area is 195 Å². The van der Waals surface area contributed by atoms with E-state index in [0.717, 1.165) is 30.0 Å². The van der Waals surface area contributed by atoms with Gasteiger partial charge in [0, 0.05) is 17.3 Å². The molecule has 3 nitrogen and oxygen atoms in total. The van der Waals surface area contributed by atoms with Crippen molar-refractivity contribution >= 4 is 13.9 Å². The Morgan fingerprint density at radius 1 is 0.938 bits per heavy atom. The van der Waals surface area contributed by atoms with Gasteiger partial charge >= 0.3 is 0 Å². The van der Waals surface area contributed by atoms with Crippen molar-refractivity contribution in [2.75, 3.05) is 21.2 Å². The monoisotopic (exact) mass is 449 g/mol. The second-order valence-corrected chi connectivity index (χ2v) is 10.6. The van der Waals surface area contributed by atoms with Crippen LogP contribution in [0.15, 0.2) is 66.7 Å². The quantitative estimate of drug-likeness (QED) is 0.340. The van der Waals surface area contributed by atoms with E-state index in [1.165, 1.54) is 22.0 Å². The molecule has 0 N–H and O–H groups in total. The number of ether oxygens (including phenoxy) is 2. The van der Waals surface area contributed by atoms with Crippen LogP contribution in [0.1, 0.15) is 42.5 Å². The van der Waals surface area contributed by atoms with Gasteiger partial charge < -0.3 is 14.4 Å². The Bertz CT molecular complexity index is 1020. The van der Waals surface area contributed by atoms with Crippen molar-refractivity contribution in [3.63, 3.8) is 0 Å². The molecule has 2 atom stereocenters. The van der Waals surface area contributed by atoms with Crippen LogP contribution in [0.3, 0.4) is 0 Å². The molecule has 0 fully saturated rings. The normalized spacial score (nSPS) is 13.5. The molecule has 2 unspecified atom stereocenters. The van der Waals surface area contributed by atoms with Gasteiger partial charge in [0.15, 0.2) is 11.5 Å². The van der Waals surface area contributed by atoms with Gasteiger partial charge in [-0.3, -0.25) is 0 Å². The minimum absolute atomic E-state index is 0.0618. The Hall–Kier alpha value is -2.35. The summed E-state index contributed by atoms with van der Waals surface area (Å²) >= 11 is 0. The number of hydrogen-bond donors (Lipinski definition) is 0.